The van der Waals surface area contributed by atoms with Crippen LogP contribution in [0, 0.1) is 0 Å². The van der Waals surface area contributed by atoms with Crippen LogP contribution in [0.15, 0.2) is 53.7 Å². The summed E-state index contributed by atoms with van der Waals surface area (Å²) in [4.78, 5) is 9.06. The van der Waals surface area contributed by atoms with Gasteiger partial charge in [0.1, 0.15) is 0 Å². The van der Waals surface area contributed by atoms with Gasteiger partial charge in [-0.25, -0.2) is 4.99 Å². The predicted octanol–water partition coefficient (Wildman–Crippen LogP) is 3.78. The minimum Gasteiger partial charge on any atom is -0.357 e. The first-order valence-electron chi connectivity index (χ1n) is 7.85. The molecular formula is C18H25IN4S. The molecule has 1 aromatic carbocycles. The number of hydrogen-bond acceptors (Lipinski definition) is 3. The lowest BCUT2D eigenvalue weighted by atomic mass is 10.1. The van der Waals surface area contributed by atoms with Crippen molar-refractivity contribution in [3.63, 3.8) is 0 Å². The summed E-state index contributed by atoms with van der Waals surface area (Å²) in [6.07, 6.45) is 3.92. The molecule has 0 spiro atoms. The number of halogens is 1. The van der Waals surface area contributed by atoms with E-state index >= 15 is 0 Å². The maximum atomic E-state index is 4.66. The van der Waals surface area contributed by atoms with Gasteiger partial charge in [-0.3, -0.25) is 4.98 Å². The Hall–Kier alpha value is -1.28. The Morgan fingerprint density at radius 3 is 2.75 bits per heavy atom. The Balaban J connectivity index is 0.00000288. The molecule has 0 unspecified atom stereocenters. The molecule has 2 aromatic rings. The Morgan fingerprint density at radius 2 is 2.04 bits per heavy atom. The molecule has 0 aliphatic carbocycles. The van der Waals surface area contributed by atoms with Crippen molar-refractivity contribution >= 4 is 41.7 Å². The third-order valence-electron chi connectivity index (χ3n) is 3.25. The van der Waals surface area contributed by atoms with Crippen molar-refractivity contribution in [1.82, 2.24) is 15.6 Å². The maximum Gasteiger partial charge on any atom is 0.191 e. The van der Waals surface area contributed by atoms with Crippen LogP contribution in [0.4, 0.5) is 0 Å². The van der Waals surface area contributed by atoms with Gasteiger partial charge in [-0.15, -0.1) is 24.0 Å². The van der Waals surface area contributed by atoms with Gasteiger partial charge in [0.05, 0.1) is 12.2 Å². The van der Waals surface area contributed by atoms with Crippen molar-refractivity contribution in [1.29, 1.82) is 0 Å². The van der Waals surface area contributed by atoms with Crippen LogP contribution in [0.3, 0.4) is 0 Å². The topological polar surface area (TPSA) is 49.3 Å². The number of thioether (sulfide) groups is 1. The van der Waals surface area contributed by atoms with E-state index in [-0.39, 0.29) is 24.0 Å². The van der Waals surface area contributed by atoms with E-state index in [4.69, 9.17) is 0 Å². The Labute approximate surface area is 166 Å². The van der Waals surface area contributed by atoms with E-state index in [9.17, 15) is 0 Å². The molecule has 24 heavy (non-hydrogen) atoms. The summed E-state index contributed by atoms with van der Waals surface area (Å²) >= 11 is 1.82. The number of nitrogens with zero attached hydrogens (tertiary/aromatic N) is 2. The van der Waals surface area contributed by atoms with Gasteiger partial charge in [0, 0.05) is 30.6 Å². The van der Waals surface area contributed by atoms with Crippen LogP contribution in [0.25, 0.3) is 11.3 Å². The van der Waals surface area contributed by atoms with E-state index < -0.39 is 0 Å². The fourth-order valence-corrected chi connectivity index (χ4v) is 2.45. The molecule has 130 valence electrons. The average molecular weight is 456 g/mol. The van der Waals surface area contributed by atoms with Crippen molar-refractivity contribution < 1.29 is 0 Å². The molecule has 0 saturated carbocycles. The molecule has 1 aromatic heterocycles. The van der Waals surface area contributed by atoms with Crippen LogP contribution in [0.5, 0.6) is 0 Å². The zero-order valence-corrected chi connectivity index (χ0v) is 17.3. The van der Waals surface area contributed by atoms with Crippen LogP contribution < -0.4 is 10.6 Å². The summed E-state index contributed by atoms with van der Waals surface area (Å²) < 4.78 is 0. The number of pyridine rings is 1. The fourth-order valence-electron chi connectivity index (χ4n) is 2.15. The number of aliphatic imine (C=N–C) groups is 1. The van der Waals surface area contributed by atoms with Crippen LogP contribution in [-0.2, 0) is 6.54 Å². The van der Waals surface area contributed by atoms with Gasteiger partial charge in [0.25, 0.3) is 0 Å². The number of hydrogen-bond donors (Lipinski definition) is 2. The predicted molar refractivity (Wildman–Crippen MR) is 116 cm³/mol. The zero-order valence-electron chi connectivity index (χ0n) is 14.2. The van der Waals surface area contributed by atoms with Crippen LogP contribution in [0.2, 0.25) is 0 Å². The number of benzene rings is 1. The van der Waals surface area contributed by atoms with E-state index in [1.54, 1.807) is 0 Å². The van der Waals surface area contributed by atoms with E-state index in [1.807, 2.05) is 36.2 Å². The summed E-state index contributed by atoms with van der Waals surface area (Å²) in [5, 5.41) is 6.62. The summed E-state index contributed by atoms with van der Waals surface area (Å²) in [6, 6.07) is 14.3. The molecule has 1 heterocycles. The normalized spacial score (nSPS) is 10.8. The SMILES string of the molecule is CCNC(=NCc1cccc(-c2ccccn2)c1)NCCSC.I. The largest absolute Gasteiger partial charge is 0.357 e. The molecule has 2 rings (SSSR count). The Kier molecular flexibility index (Phi) is 10.5. The Morgan fingerprint density at radius 1 is 1.17 bits per heavy atom. The standard InChI is InChI=1S/C18H24N4S.HI/c1-3-19-18(21-11-12-23-2)22-14-15-7-6-8-16(13-15)17-9-4-5-10-20-17;/h4-10,13H,3,11-12,14H2,1-2H3,(H2,19,21,22);1H. The number of guanidine groups is 1. The lowest BCUT2D eigenvalue weighted by Gasteiger charge is -2.11. The second kappa shape index (κ2) is 12.1. The quantitative estimate of drug-likeness (QED) is 0.288. The van der Waals surface area contributed by atoms with Gasteiger partial charge in [-0.1, -0.05) is 24.3 Å². The second-order valence-corrected chi connectivity index (χ2v) is 6.02. The highest BCUT2D eigenvalue weighted by molar-refractivity contribution is 14.0. The second-order valence-electron chi connectivity index (χ2n) is 5.03. The zero-order chi connectivity index (χ0) is 16.3. The van der Waals surface area contributed by atoms with Gasteiger partial charge in [-0.2, -0.15) is 11.8 Å². The highest BCUT2D eigenvalue weighted by atomic mass is 127. The summed E-state index contributed by atoms with van der Waals surface area (Å²) in [5.41, 5.74) is 3.29. The first-order valence-corrected chi connectivity index (χ1v) is 9.24. The molecule has 4 nitrogen and oxygen atoms in total. The van der Waals surface area contributed by atoms with Crippen molar-refractivity contribution in [3.8, 4) is 11.3 Å². The van der Waals surface area contributed by atoms with Gasteiger partial charge in [0.15, 0.2) is 5.96 Å². The van der Waals surface area contributed by atoms with Gasteiger partial charge in [-0.05, 0) is 36.9 Å². The molecule has 0 radical (unpaired) electrons. The minimum atomic E-state index is 0. The van der Waals surface area contributed by atoms with E-state index in [0.29, 0.717) is 6.54 Å². The third-order valence-corrected chi connectivity index (χ3v) is 3.86. The monoisotopic (exact) mass is 456 g/mol. The smallest absolute Gasteiger partial charge is 0.191 e. The van der Waals surface area contributed by atoms with Gasteiger partial charge >= 0.3 is 0 Å². The van der Waals surface area contributed by atoms with Gasteiger partial charge < -0.3 is 10.6 Å². The Bertz CT molecular complexity index is 619. The van der Waals surface area contributed by atoms with Crippen LogP contribution in [-0.4, -0.2) is 36.0 Å². The van der Waals surface area contributed by atoms with Crippen molar-refractivity contribution in [2.24, 2.45) is 4.99 Å². The number of aromatic nitrogens is 1. The molecule has 0 atom stereocenters. The summed E-state index contributed by atoms with van der Waals surface area (Å²) in [7, 11) is 0. The van der Waals surface area contributed by atoms with E-state index in [2.05, 4.69) is 58.1 Å². The molecule has 0 aliphatic rings. The molecule has 0 aliphatic heterocycles. The highest BCUT2D eigenvalue weighted by Gasteiger charge is 2.01. The van der Waals surface area contributed by atoms with Crippen LogP contribution >= 0.6 is 35.7 Å². The maximum absolute atomic E-state index is 4.66. The average Bonchev–Trinajstić information content (AvgIpc) is 2.61. The van der Waals surface area contributed by atoms with Gasteiger partial charge in [0.2, 0.25) is 0 Å². The van der Waals surface area contributed by atoms with Crippen molar-refractivity contribution in [2.45, 2.75) is 13.5 Å². The summed E-state index contributed by atoms with van der Waals surface area (Å²) in [5.74, 6) is 1.93. The fraction of sp³-hybridized carbons (Fsp3) is 0.333. The first kappa shape index (κ1) is 20.8. The van der Waals surface area contributed by atoms with E-state index in [1.165, 1.54) is 5.56 Å². The summed E-state index contributed by atoms with van der Waals surface area (Å²) in [6.45, 7) is 4.50. The molecule has 0 saturated heterocycles. The highest BCUT2D eigenvalue weighted by Crippen LogP contribution is 2.18. The molecule has 0 amide bonds. The number of nitrogens with one attached hydrogen (secondary N) is 2. The lowest BCUT2D eigenvalue weighted by Crippen LogP contribution is -2.38. The molecule has 0 fully saturated rings. The van der Waals surface area contributed by atoms with E-state index in [0.717, 1.165) is 36.1 Å². The lowest BCUT2D eigenvalue weighted by molar-refractivity contribution is 0.843. The molecule has 0 bridgehead atoms. The molecule has 6 heteroatoms. The first-order chi connectivity index (χ1) is 11.3. The third kappa shape index (κ3) is 7.09. The van der Waals surface area contributed by atoms with Crippen molar-refractivity contribution in [2.75, 3.05) is 25.1 Å². The molecule has 2 N–H and O–H groups in total. The molecular weight excluding hydrogens is 431 g/mol. The van der Waals surface area contributed by atoms with Crippen molar-refractivity contribution in [3.05, 3.63) is 54.2 Å². The van der Waals surface area contributed by atoms with Crippen LogP contribution in [0.1, 0.15) is 12.5 Å². The number of rotatable bonds is 7. The minimum absolute atomic E-state index is 0.